The Hall–Kier alpha value is -1.36. The first-order valence-electron chi connectivity index (χ1n) is 5.08. The second-order valence-corrected chi connectivity index (χ2v) is 4.12. The second-order valence-electron chi connectivity index (χ2n) is 4.12. The molecule has 5 heteroatoms. The van der Waals surface area contributed by atoms with Crippen molar-refractivity contribution >= 4 is 5.97 Å². The van der Waals surface area contributed by atoms with Gasteiger partial charge < -0.3 is 10.8 Å². The SMILES string of the molecule is Cn1cc(C(N)CC(=O)O)c(C2CC2)n1. The molecule has 1 unspecified atom stereocenters. The van der Waals surface area contributed by atoms with Gasteiger partial charge in [-0.25, -0.2) is 0 Å². The van der Waals surface area contributed by atoms with Crippen molar-refractivity contribution < 1.29 is 9.90 Å². The molecule has 1 aliphatic rings. The number of aryl methyl sites for hydroxylation is 1. The van der Waals surface area contributed by atoms with E-state index in [-0.39, 0.29) is 6.42 Å². The van der Waals surface area contributed by atoms with E-state index in [2.05, 4.69) is 5.10 Å². The topological polar surface area (TPSA) is 81.1 Å². The summed E-state index contributed by atoms with van der Waals surface area (Å²) in [7, 11) is 1.84. The van der Waals surface area contributed by atoms with Gasteiger partial charge in [-0.2, -0.15) is 5.10 Å². The number of carboxylic acids is 1. The molecule has 1 aromatic rings. The summed E-state index contributed by atoms with van der Waals surface area (Å²) in [5, 5.41) is 13.0. The van der Waals surface area contributed by atoms with Gasteiger partial charge in [-0.3, -0.25) is 9.48 Å². The normalized spacial score (nSPS) is 17.7. The maximum Gasteiger partial charge on any atom is 0.305 e. The zero-order valence-corrected chi connectivity index (χ0v) is 8.68. The predicted octanol–water partition coefficient (Wildman–Crippen LogP) is 0.772. The van der Waals surface area contributed by atoms with Crippen molar-refractivity contribution in [2.45, 2.75) is 31.2 Å². The van der Waals surface area contributed by atoms with Crippen molar-refractivity contribution in [3.05, 3.63) is 17.5 Å². The molecule has 1 heterocycles. The van der Waals surface area contributed by atoms with E-state index in [1.807, 2.05) is 13.2 Å². The average molecular weight is 209 g/mol. The maximum absolute atomic E-state index is 10.6. The van der Waals surface area contributed by atoms with Gasteiger partial charge in [-0.05, 0) is 12.8 Å². The third-order valence-electron chi connectivity index (χ3n) is 2.65. The van der Waals surface area contributed by atoms with Crippen molar-refractivity contribution in [1.82, 2.24) is 9.78 Å². The molecule has 0 saturated heterocycles. The first-order valence-corrected chi connectivity index (χ1v) is 5.08. The van der Waals surface area contributed by atoms with Crippen molar-refractivity contribution in [1.29, 1.82) is 0 Å². The summed E-state index contributed by atoms with van der Waals surface area (Å²) in [5.74, 6) is -0.367. The molecule has 1 aromatic heterocycles. The molecule has 82 valence electrons. The minimum atomic E-state index is -0.867. The Kier molecular flexibility index (Phi) is 2.48. The molecule has 0 bridgehead atoms. The van der Waals surface area contributed by atoms with Crippen LogP contribution in [0.2, 0.25) is 0 Å². The van der Waals surface area contributed by atoms with Crippen molar-refractivity contribution in [3.8, 4) is 0 Å². The van der Waals surface area contributed by atoms with Gasteiger partial charge in [0.05, 0.1) is 12.1 Å². The molecule has 0 radical (unpaired) electrons. The number of hydrogen-bond acceptors (Lipinski definition) is 3. The van der Waals surface area contributed by atoms with Gasteiger partial charge in [-0.15, -0.1) is 0 Å². The molecule has 15 heavy (non-hydrogen) atoms. The lowest BCUT2D eigenvalue weighted by Gasteiger charge is -2.07. The van der Waals surface area contributed by atoms with Gasteiger partial charge in [0.2, 0.25) is 0 Å². The van der Waals surface area contributed by atoms with Crippen LogP contribution in [0.15, 0.2) is 6.20 Å². The number of nitrogens with two attached hydrogens (primary N) is 1. The van der Waals surface area contributed by atoms with Crippen LogP contribution in [0, 0.1) is 0 Å². The largest absolute Gasteiger partial charge is 0.481 e. The third-order valence-corrected chi connectivity index (χ3v) is 2.65. The molecule has 0 aromatic carbocycles. The highest BCUT2D eigenvalue weighted by Crippen LogP contribution is 2.42. The summed E-state index contributed by atoms with van der Waals surface area (Å²) < 4.78 is 1.71. The molecule has 1 fully saturated rings. The number of carboxylic acid groups (broad SMARTS) is 1. The summed E-state index contributed by atoms with van der Waals surface area (Å²) in [6, 6.07) is -0.438. The number of hydrogen-bond donors (Lipinski definition) is 2. The predicted molar refractivity (Wildman–Crippen MR) is 54.4 cm³/mol. The van der Waals surface area contributed by atoms with Crippen LogP contribution in [-0.4, -0.2) is 20.9 Å². The highest BCUT2D eigenvalue weighted by Gasteiger charge is 2.31. The van der Waals surface area contributed by atoms with E-state index in [1.165, 1.54) is 0 Å². The lowest BCUT2D eigenvalue weighted by atomic mass is 10.0. The van der Waals surface area contributed by atoms with E-state index >= 15 is 0 Å². The zero-order chi connectivity index (χ0) is 11.0. The summed E-state index contributed by atoms with van der Waals surface area (Å²) in [6.07, 6.45) is 4.08. The molecule has 1 aliphatic carbocycles. The van der Waals surface area contributed by atoms with Gasteiger partial charge >= 0.3 is 5.97 Å². The molecule has 0 amide bonds. The summed E-state index contributed by atoms with van der Waals surface area (Å²) >= 11 is 0. The van der Waals surface area contributed by atoms with E-state index in [9.17, 15) is 4.79 Å². The fourth-order valence-electron chi connectivity index (χ4n) is 1.78. The minimum Gasteiger partial charge on any atom is -0.481 e. The van der Waals surface area contributed by atoms with Crippen LogP contribution in [0.3, 0.4) is 0 Å². The van der Waals surface area contributed by atoms with E-state index < -0.39 is 12.0 Å². The highest BCUT2D eigenvalue weighted by molar-refractivity contribution is 5.68. The van der Waals surface area contributed by atoms with Gasteiger partial charge in [0.25, 0.3) is 0 Å². The fraction of sp³-hybridized carbons (Fsp3) is 0.600. The van der Waals surface area contributed by atoms with Gasteiger partial charge in [0.15, 0.2) is 0 Å². The molecule has 1 atom stereocenters. The van der Waals surface area contributed by atoms with Gasteiger partial charge in [0.1, 0.15) is 0 Å². The van der Waals surface area contributed by atoms with Crippen molar-refractivity contribution in [2.24, 2.45) is 12.8 Å². The molecular formula is C10H15N3O2. The maximum atomic E-state index is 10.6. The van der Waals surface area contributed by atoms with Crippen LogP contribution in [-0.2, 0) is 11.8 Å². The highest BCUT2D eigenvalue weighted by atomic mass is 16.4. The van der Waals surface area contributed by atoms with Crippen LogP contribution >= 0.6 is 0 Å². The Morgan fingerprint density at radius 3 is 3.00 bits per heavy atom. The molecule has 2 rings (SSSR count). The molecule has 1 saturated carbocycles. The van der Waals surface area contributed by atoms with E-state index in [0.717, 1.165) is 24.1 Å². The fourth-order valence-corrected chi connectivity index (χ4v) is 1.78. The number of aromatic nitrogens is 2. The van der Waals surface area contributed by atoms with Crippen LogP contribution in [0.4, 0.5) is 0 Å². The molecule has 5 nitrogen and oxygen atoms in total. The van der Waals surface area contributed by atoms with Crippen molar-refractivity contribution in [3.63, 3.8) is 0 Å². The molecule has 3 N–H and O–H groups in total. The number of nitrogens with zero attached hydrogens (tertiary/aromatic N) is 2. The Morgan fingerprint density at radius 2 is 2.47 bits per heavy atom. The van der Waals surface area contributed by atoms with Crippen molar-refractivity contribution in [2.75, 3.05) is 0 Å². The number of carbonyl (C=O) groups is 1. The molecule has 0 aliphatic heterocycles. The second kappa shape index (κ2) is 3.66. The molecular weight excluding hydrogens is 194 g/mol. The first kappa shape index (κ1) is 10.2. The van der Waals surface area contributed by atoms with Crippen LogP contribution < -0.4 is 5.73 Å². The van der Waals surface area contributed by atoms with Crippen LogP contribution in [0.5, 0.6) is 0 Å². The van der Waals surface area contributed by atoms with Gasteiger partial charge in [-0.1, -0.05) is 0 Å². The first-order chi connectivity index (χ1) is 7.08. The summed E-state index contributed by atoms with van der Waals surface area (Å²) in [5.41, 5.74) is 7.72. The molecule has 0 spiro atoms. The lowest BCUT2D eigenvalue weighted by Crippen LogP contribution is -2.15. The Labute approximate surface area is 87.9 Å². The summed E-state index contributed by atoms with van der Waals surface area (Å²) in [6.45, 7) is 0. The third kappa shape index (κ3) is 2.18. The Balaban J connectivity index is 2.21. The monoisotopic (exact) mass is 209 g/mol. The van der Waals surface area contributed by atoms with E-state index in [1.54, 1.807) is 4.68 Å². The quantitative estimate of drug-likeness (QED) is 0.767. The van der Waals surface area contributed by atoms with E-state index in [0.29, 0.717) is 5.92 Å². The number of aliphatic carboxylic acids is 1. The van der Waals surface area contributed by atoms with Gasteiger partial charge in [0, 0.05) is 30.8 Å². The average Bonchev–Trinajstić information content (AvgIpc) is 2.88. The minimum absolute atomic E-state index is 0.0363. The Morgan fingerprint density at radius 1 is 1.80 bits per heavy atom. The Bertz CT molecular complexity index is 382. The smallest absolute Gasteiger partial charge is 0.305 e. The standard InChI is InChI=1S/C10H15N3O2/c1-13-5-7(8(11)4-9(14)15)10(12-13)6-2-3-6/h5-6,8H,2-4,11H2,1H3,(H,14,15). The zero-order valence-electron chi connectivity index (χ0n) is 8.68. The number of rotatable bonds is 4. The van der Waals surface area contributed by atoms with Crippen LogP contribution in [0.25, 0.3) is 0 Å². The van der Waals surface area contributed by atoms with Crippen LogP contribution in [0.1, 0.15) is 42.5 Å². The summed E-state index contributed by atoms with van der Waals surface area (Å²) in [4.78, 5) is 10.6. The van der Waals surface area contributed by atoms with E-state index in [4.69, 9.17) is 10.8 Å². The lowest BCUT2D eigenvalue weighted by molar-refractivity contribution is -0.137.